The standard InChI is InChI=1S/C39H73O7P/c1-3-5-7-9-11-13-15-17-19-21-23-25-27-29-31-33-35-44-36-38(37-45-47(41,42)43)46-39(40)34-32-30-28-26-24-22-20-18-16-14-12-10-8-6-4-2/h12,14,18,20,33,35,38H,3-11,13,15-17,19,21-32,34,36-37H2,1-2H3,(H2,41,42,43)/b14-12-,20-18-,35-33-/t38-/m1/s1. The number of esters is 1. The van der Waals surface area contributed by atoms with Gasteiger partial charge in [-0.2, -0.15) is 0 Å². The van der Waals surface area contributed by atoms with Crippen LogP contribution < -0.4 is 0 Å². The van der Waals surface area contributed by atoms with Crippen molar-refractivity contribution in [1.29, 1.82) is 0 Å². The zero-order valence-corrected chi connectivity index (χ0v) is 31.3. The molecule has 0 aliphatic carbocycles. The summed E-state index contributed by atoms with van der Waals surface area (Å²) in [6.07, 6.45) is 43.6. The van der Waals surface area contributed by atoms with E-state index in [0.717, 1.165) is 57.8 Å². The zero-order valence-electron chi connectivity index (χ0n) is 30.4. The monoisotopic (exact) mass is 685 g/mol. The Morgan fingerprint density at radius 3 is 1.51 bits per heavy atom. The van der Waals surface area contributed by atoms with Gasteiger partial charge in [0.25, 0.3) is 0 Å². The minimum absolute atomic E-state index is 0.0108. The molecule has 0 aromatic rings. The number of rotatable bonds is 36. The Morgan fingerprint density at radius 2 is 1.00 bits per heavy atom. The van der Waals surface area contributed by atoms with Crippen LogP contribution in [0.3, 0.4) is 0 Å². The van der Waals surface area contributed by atoms with Crippen molar-refractivity contribution in [1.82, 2.24) is 0 Å². The summed E-state index contributed by atoms with van der Waals surface area (Å²) in [5.41, 5.74) is 0. The second kappa shape index (κ2) is 35.9. The highest BCUT2D eigenvalue weighted by molar-refractivity contribution is 7.46. The average molecular weight is 685 g/mol. The molecule has 2 N–H and O–H groups in total. The molecule has 0 amide bonds. The quantitative estimate of drug-likeness (QED) is 0.0223. The Bertz CT molecular complexity index is 805. The van der Waals surface area contributed by atoms with E-state index in [1.54, 1.807) is 6.26 Å². The van der Waals surface area contributed by atoms with Gasteiger partial charge in [0.2, 0.25) is 0 Å². The van der Waals surface area contributed by atoms with Crippen molar-refractivity contribution >= 4 is 13.8 Å². The largest absolute Gasteiger partial charge is 0.498 e. The maximum atomic E-state index is 12.3. The van der Waals surface area contributed by atoms with E-state index in [4.69, 9.17) is 19.3 Å². The molecule has 0 radical (unpaired) electrons. The topological polar surface area (TPSA) is 102 Å². The first-order chi connectivity index (χ1) is 22.9. The molecule has 276 valence electrons. The Labute approximate surface area is 289 Å². The van der Waals surface area contributed by atoms with Gasteiger partial charge in [0.1, 0.15) is 6.61 Å². The van der Waals surface area contributed by atoms with Crippen molar-refractivity contribution in [3.8, 4) is 0 Å². The normalized spacial score (nSPS) is 12.9. The molecule has 8 heteroatoms. The van der Waals surface area contributed by atoms with Crippen LogP contribution in [0, 0.1) is 0 Å². The predicted molar refractivity (Wildman–Crippen MR) is 197 cm³/mol. The van der Waals surface area contributed by atoms with Crippen molar-refractivity contribution in [3.05, 3.63) is 36.6 Å². The highest BCUT2D eigenvalue weighted by atomic mass is 31.2. The number of carbonyl (C=O) groups is 1. The molecule has 1 atom stereocenters. The fraction of sp³-hybridized carbons (Fsp3) is 0.821. The van der Waals surface area contributed by atoms with E-state index >= 15 is 0 Å². The van der Waals surface area contributed by atoms with Crippen molar-refractivity contribution in [3.63, 3.8) is 0 Å². The highest BCUT2D eigenvalue weighted by Crippen LogP contribution is 2.35. The molecule has 0 saturated carbocycles. The number of ether oxygens (including phenoxy) is 2. The summed E-state index contributed by atoms with van der Waals surface area (Å²) < 4.78 is 26.7. The molecule has 0 rings (SSSR count). The molecule has 0 fully saturated rings. The molecule has 0 aromatic heterocycles. The maximum Gasteiger partial charge on any atom is 0.469 e. The fourth-order valence-electron chi connectivity index (χ4n) is 5.38. The summed E-state index contributed by atoms with van der Waals surface area (Å²) >= 11 is 0. The van der Waals surface area contributed by atoms with Crippen LogP contribution >= 0.6 is 7.82 Å². The molecule has 0 aromatic carbocycles. The first-order valence-electron chi connectivity index (χ1n) is 19.3. The van der Waals surface area contributed by atoms with Crippen LogP contribution in [0.1, 0.15) is 187 Å². The highest BCUT2D eigenvalue weighted by Gasteiger charge is 2.21. The first kappa shape index (κ1) is 45.6. The number of phosphoric ester groups is 1. The third-order valence-corrected chi connectivity index (χ3v) is 8.74. The first-order valence-corrected chi connectivity index (χ1v) is 20.9. The van der Waals surface area contributed by atoms with E-state index in [1.165, 1.54) is 109 Å². The van der Waals surface area contributed by atoms with Crippen LogP contribution in [0.15, 0.2) is 36.6 Å². The Morgan fingerprint density at radius 1 is 0.574 bits per heavy atom. The lowest BCUT2D eigenvalue weighted by Gasteiger charge is -2.18. The Balaban J connectivity index is 3.90. The molecule has 0 bridgehead atoms. The minimum Gasteiger partial charge on any atom is -0.498 e. The second-order valence-corrected chi connectivity index (χ2v) is 14.2. The van der Waals surface area contributed by atoms with E-state index in [0.29, 0.717) is 0 Å². The van der Waals surface area contributed by atoms with Gasteiger partial charge in [-0.15, -0.1) is 0 Å². The molecular formula is C39H73O7P. The van der Waals surface area contributed by atoms with Crippen molar-refractivity contribution in [2.75, 3.05) is 13.2 Å². The molecule has 47 heavy (non-hydrogen) atoms. The molecule has 0 heterocycles. The fourth-order valence-corrected chi connectivity index (χ4v) is 5.74. The number of carbonyl (C=O) groups excluding carboxylic acids is 1. The molecule has 0 unspecified atom stereocenters. The molecule has 0 spiro atoms. The van der Waals surface area contributed by atoms with Crippen LogP contribution in [0.5, 0.6) is 0 Å². The van der Waals surface area contributed by atoms with Gasteiger partial charge in [-0.3, -0.25) is 9.32 Å². The maximum absolute atomic E-state index is 12.3. The lowest BCUT2D eigenvalue weighted by Crippen LogP contribution is -2.27. The molecule has 0 aliphatic rings. The van der Waals surface area contributed by atoms with Gasteiger partial charge in [0, 0.05) is 6.42 Å². The van der Waals surface area contributed by atoms with E-state index in [2.05, 4.69) is 42.7 Å². The van der Waals surface area contributed by atoms with Crippen LogP contribution in [0.4, 0.5) is 0 Å². The van der Waals surface area contributed by atoms with Crippen molar-refractivity contribution < 1.29 is 33.1 Å². The molecular weight excluding hydrogens is 611 g/mol. The van der Waals surface area contributed by atoms with E-state index < -0.39 is 26.5 Å². The van der Waals surface area contributed by atoms with Crippen LogP contribution in [0.2, 0.25) is 0 Å². The summed E-state index contributed by atoms with van der Waals surface area (Å²) in [6, 6.07) is 0. The Hall–Kier alpha value is -1.40. The summed E-state index contributed by atoms with van der Waals surface area (Å²) in [4.78, 5) is 30.5. The third-order valence-electron chi connectivity index (χ3n) is 8.26. The Kier molecular flexibility index (Phi) is 34.8. The molecule has 0 saturated heterocycles. The number of hydrogen-bond donors (Lipinski definition) is 2. The number of allylic oxidation sites excluding steroid dienone is 5. The van der Waals surface area contributed by atoms with Crippen molar-refractivity contribution in [2.24, 2.45) is 0 Å². The van der Waals surface area contributed by atoms with E-state index in [-0.39, 0.29) is 13.0 Å². The number of unbranched alkanes of at least 4 members (excludes halogenated alkanes) is 22. The van der Waals surface area contributed by atoms with Crippen LogP contribution in [-0.4, -0.2) is 35.1 Å². The molecule has 7 nitrogen and oxygen atoms in total. The third kappa shape index (κ3) is 38.9. The van der Waals surface area contributed by atoms with Crippen LogP contribution in [-0.2, 0) is 23.4 Å². The molecule has 0 aliphatic heterocycles. The zero-order chi connectivity index (χ0) is 34.5. The summed E-state index contributed by atoms with van der Waals surface area (Å²) in [7, 11) is -4.67. The van der Waals surface area contributed by atoms with Crippen molar-refractivity contribution in [2.45, 2.75) is 193 Å². The van der Waals surface area contributed by atoms with Gasteiger partial charge in [0.05, 0.1) is 12.9 Å². The smallest absolute Gasteiger partial charge is 0.469 e. The van der Waals surface area contributed by atoms with Gasteiger partial charge < -0.3 is 19.3 Å². The number of hydrogen-bond acceptors (Lipinski definition) is 5. The van der Waals surface area contributed by atoms with Gasteiger partial charge in [0.15, 0.2) is 6.10 Å². The second-order valence-electron chi connectivity index (χ2n) is 13.0. The van der Waals surface area contributed by atoms with Gasteiger partial charge in [-0.1, -0.05) is 154 Å². The lowest BCUT2D eigenvalue weighted by molar-refractivity contribution is -0.153. The van der Waals surface area contributed by atoms with Crippen LogP contribution in [0.25, 0.3) is 0 Å². The van der Waals surface area contributed by atoms with E-state index in [1.807, 2.05) is 6.08 Å². The van der Waals surface area contributed by atoms with E-state index in [9.17, 15) is 9.36 Å². The van der Waals surface area contributed by atoms with Gasteiger partial charge in [-0.25, -0.2) is 4.57 Å². The number of phosphoric acid groups is 1. The minimum atomic E-state index is -4.67. The lowest BCUT2D eigenvalue weighted by atomic mass is 10.0. The van der Waals surface area contributed by atoms with Gasteiger partial charge >= 0.3 is 13.8 Å². The summed E-state index contributed by atoms with van der Waals surface area (Å²) in [5.74, 6) is -0.398. The predicted octanol–water partition coefficient (Wildman–Crippen LogP) is 12.2. The summed E-state index contributed by atoms with van der Waals surface area (Å²) in [5, 5.41) is 0. The SMILES string of the molecule is CCCCC/C=C\C/C=C\CCCCCCCC(=O)O[C@H](CO/C=C\CCCCCCCCCCCCCCCC)COP(=O)(O)O. The average Bonchev–Trinajstić information content (AvgIpc) is 3.04. The van der Waals surface area contributed by atoms with Gasteiger partial charge in [-0.05, 0) is 57.4 Å². The summed E-state index contributed by atoms with van der Waals surface area (Å²) in [6.45, 7) is 4.07.